The fourth-order valence-corrected chi connectivity index (χ4v) is 1.48. The first-order valence-electron chi connectivity index (χ1n) is 5.24. The number of rotatable bonds is 4. The van der Waals surface area contributed by atoms with Crippen LogP contribution in [0.4, 0.5) is 0 Å². The van der Waals surface area contributed by atoms with Crippen molar-refractivity contribution in [2.75, 3.05) is 6.61 Å². The van der Waals surface area contributed by atoms with E-state index in [-0.39, 0.29) is 18.3 Å². The summed E-state index contributed by atoms with van der Waals surface area (Å²) in [5, 5.41) is 4.17. The molecule has 1 rings (SSSR count). The Morgan fingerprint density at radius 1 is 1.56 bits per heavy atom. The summed E-state index contributed by atoms with van der Waals surface area (Å²) in [4.78, 5) is 22.7. The van der Waals surface area contributed by atoms with E-state index in [2.05, 4.69) is 5.10 Å². The van der Waals surface area contributed by atoms with Crippen LogP contribution in [0, 0.1) is 6.92 Å². The van der Waals surface area contributed by atoms with Gasteiger partial charge in [0, 0.05) is 6.04 Å². The molecule has 0 aliphatic heterocycles. The predicted octanol–water partition coefficient (Wildman–Crippen LogP) is 1.76. The normalized spacial score (nSPS) is 10.6. The predicted molar refractivity (Wildman–Crippen MR) is 58.7 cm³/mol. The van der Waals surface area contributed by atoms with Crippen LogP contribution in [0.2, 0.25) is 0 Å². The van der Waals surface area contributed by atoms with Crippen molar-refractivity contribution >= 4 is 12.3 Å². The summed E-state index contributed by atoms with van der Waals surface area (Å²) in [6.45, 7) is 7.49. The zero-order valence-electron chi connectivity index (χ0n) is 9.98. The van der Waals surface area contributed by atoms with Crippen LogP contribution < -0.4 is 0 Å². The van der Waals surface area contributed by atoms with E-state index in [4.69, 9.17) is 4.74 Å². The van der Waals surface area contributed by atoms with Gasteiger partial charge in [0.05, 0.1) is 17.9 Å². The standard InChI is InChI=1S/C11H16N2O3/c1-5-16-11(15)10-9(6-14)8(4)12-13(10)7(2)3/h6-7H,5H2,1-4H3. The summed E-state index contributed by atoms with van der Waals surface area (Å²) in [5.74, 6) is -0.501. The summed E-state index contributed by atoms with van der Waals surface area (Å²) >= 11 is 0. The molecule has 0 atom stereocenters. The highest BCUT2D eigenvalue weighted by atomic mass is 16.5. The van der Waals surface area contributed by atoms with Gasteiger partial charge in [0.25, 0.3) is 0 Å². The van der Waals surface area contributed by atoms with E-state index in [1.54, 1.807) is 13.8 Å². The SMILES string of the molecule is CCOC(=O)c1c(C=O)c(C)nn1C(C)C. The quantitative estimate of drug-likeness (QED) is 0.577. The number of esters is 1. The summed E-state index contributed by atoms with van der Waals surface area (Å²) in [6.07, 6.45) is 0.646. The van der Waals surface area contributed by atoms with Crippen LogP contribution in [0.15, 0.2) is 0 Å². The average Bonchev–Trinajstić information content (AvgIpc) is 2.55. The minimum Gasteiger partial charge on any atom is -0.461 e. The third-order valence-corrected chi connectivity index (χ3v) is 2.21. The zero-order valence-corrected chi connectivity index (χ0v) is 9.98. The van der Waals surface area contributed by atoms with Crippen molar-refractivity contribution in [3.8, 4) is 0 Å². The van der Waals surface area contributed by atoms with Crippen LogP contribution >= 0.6 is 0 Å². The first-order valence-corrected chi connectivity index (χ1v) is 5.24. The van der Waals surface area contributed by atoms with Gasteiger partial charge >= 0.3 is 5.97 Å². The molecular formula is C11H16N2O3. The molecule has 1 heterocycles. The summed E-state index contributed by atoms with van der Waals surface area (Å²) in [6, 6.07) is 0.00630. The van der Waals surface area contributed by atoms with E-state index in [1.165, 1.54) is 4.68 Å². The minimum atomic E-state index is -0.501. The van der Waals surface area contributed by atoms with Crippen LogP contribution in [-0.4, -0.2) is 28.6 Å². The monoisotopic (exact) mass is 224 g/mol. The highest BCUT2D eigenvalue weighted by Gasteiger charge is 2.23. The lowest BCUT2D eigenvalue weighted by Crippen LogP contribution is -2.16. The number of aromatic nitrogens is 2. The number of ether oxygens (including phenoxy) is 1. The van der Waals surface area contributed by atoms with E-state index in [9.17, 15) is 9.59 Å². The number of carbonyl (C=O) groups excluding carboxylic acids is 2. The van der Waals surface area contributed by atoms with E-state index >= 15 is 0 Å². The van der Waals surface area contributed by atoms with Crippen LogP contribution in [0.3, 0.4) is 0 Å². The Morgan fingerprint density at radius 2 is 2.19 bits per heavy atom. The Morgan fingerprint density at radius 3 is 2.62 bits per heavy atom. The molecule has 0 aromatic carbocycles. The molecule has 1 aromatic rings. The van der Waals surface area contributed by atoms with Gasteiger partial charge in [-0.2, -0.15) is 5.10 Å². The molecule has 0 unspecified atom stereocenters. The molecule has 0 saturated carbocycles. The first kappa shape index (κ1) is 12.4. The molecule has 1 aromatic heterocycles. The topological polar surface area (TPSA) is 61.2 Å². The van der Waals surface area contributed by atoms with E-state index in [0.717, 1.165) is 0 Å². The Kier molecular flexibility index (Phi) is 3.82. The lowest BCUT2D eigenvalue weighted by atomic mass is 10.2. The Balaban J connectivity index is 3.31. The van der Waals surface area contributed by atoms with Crippen LogP contribution in [0.5, 0.6) is 0 Å². The summed E-state index contributed by atoms with van der Waals surface area (Å²) in [7, 11) is 0. The van der Waals surface area contributed by atoms with Crippen LogP contribution in [0.25, 0.3) is 0 Å². The molecule has 0 bridgehead atoms. The van der Waals surface area contributed by atoms with E-state index < -0.39 is 5.97 Å². The van der Waals surface area contributed by atoms with Crippen molar-refractivity contribution in [2.45, 2.75) is 33.7 Å². The third kappa shape index (κ3) is 2.13. The van der Waals surface area contributed by atoms with Crippen molar-refractivity contribution in [2.24, 2.45) is 0 Å². The number of hydrogen-bond donors (Lipinski definition) is 0. The van der Waals surface area contributed by atoms with Gasteiger partial charge in [-0.05, 0) is 27.7 Å². The van der Waals surface area contributed by atoms with Gasteiger partial charge in [0.2, 0.25) is 0 Å². The second-order valence-electron chi connectivity index (χ2n) is 3.72. The molecule has 0 radical (unpaired) electrons. The molecule has 0 aliphatic carbocycles. The lowest BCUT2D eigenvalue weighted by Gasteiger charge is -2.10. The number of aryl methyl sites for hydroxylation is 1. The molecule has 88 valence electrons. The fraction of sp³-hybridized carbons (Fsp3) is 0.545. The van der Waals surface area contributed by atoms with Gasteiger partial charge in [0.1, 0.15) is 0 Å². The minimum absolute atomic E-state index is 0.00630. The highest BCUT2D eigenvalue weighted by Crippen LogP contribution is 2.17. The molecule has 5 nitrogen and oxygen atoms in total. The maximum atomic E-state index is 11.7. The van der Waals surface area contributed by atoms with Gasteiger partial charge in [-0.3, -0.25) is 9.48 Å². The Labute approximate surface area is 94.4 Å². The fourth-order valence-electron chi connectivity index (χ4n) is 1.48. The van der Waals surface area contributed by atoms with Crippen molar-refractivity contribution in [3.63, 3.8) is 0 Å². The van der Waals surface area contributed by atoms with Gasteiger partial charge in [-0.25, -0.2) is 4.79 Å². The van der Waals surface area contributed by atoms with Crippen molar-refractivity contribution in [1.29, 1.82) is 0 Å². The summed E-state index contributed by atoms with van der Waals surface area (Å²) in [5.41, 5.74) is 1.10. The number of hydrogen-bond acceptors (Lipinski definition) is 4. The van der Waals surface area contributed by atoms with Crippen molar-refractivity contribution < 1.29 is 14.3 Å². The smallest absolute Gasteiger partial charge is 0.357 e. The molecule has 0 fully saturated rings. The lowest BCUT2D eigenvalue weighted by molar-refractivity contribution is 0.0507. The van der Waals surface area contributed by atoms with Crippen LogP contribution in [-0.2, 0) is 4.74 Å². The van der Waals surface area contributed by atoms with Crippen molar-refractivity contribution in [3.05, 3.63) is 17.0 Å². The maximum Gasteiger partial charge on any atom is 0.357 e. The average molecular weight is 224 g/mol. The Hall–Kier alpha value is -1.65. The largest absolute Gasteiger partial charge is 0.461 e. The molecule has 0 aliphatic rings. The van der Waals surface area contributed by atoms with Crippen molar-refractivity contribution in [1.82, 2.24) is 9.78 Å². The summed E-state index contributed by atoms with van der Waals surface area (Å²) < 4.78 is 6.44. The number of nitrogens with zero attached hydrogens (tertiary/aromatic N) is 2. The van der Waals surface area contributed by atoms with Gasteiger partial charge in [0.15, 0.2) is 12.0 Å². The van der Waals surface area contributed by atoms with Gasteiger partial charge in [-0.15, -0.1) is 0 Å². The van der Waals surface area contributed by atoms with E-state index in [0.29, 0.717) is 17.5 Å². The number of carbonyl (C=O) groups is 2. The maximum absolute atomic E-state index is 11.7. The second kappa shape index (κ2) is 4.92. The molecule has 0 amide bonds. The molecular weight excluding hydrogens is 208 g/mol. The van der Waals surface area contributed by atoms with Gasteiger partial charge in [-0.1, -0.05) is 0 Å². The molecule has 16 heavy (non-hydrogen) atoms. The highest BCUT2D eigenvalue weighted by molar-refractivity contribution is 5.97. The van der Waals surface area contributed by atoms with Gasteiger partial charge < -0.3 is 4.74 Å². The molecule has 5 heteroatoms. The second-order valence-corrected chi connectivity index (χ2v) is 3.72. The molecule has 0 spiro atoms. The van der Waals surface area contributed by atoms with Crippen LogP contribution in [0.1, 0.15) is 53.4 Å². The number of aldehydes is 1. The third-order valence-electron chi connectivity index (χ3n) is 2.21. The molecule has 0 saturated heterocycles. The zero-order chi connectivity index (χ0) is 12.3. The molecule has 0 N–H and O–H groups in total. The Bertz CT molecular complexity index is 408. The van der Waals surface area contributed by atoms with E-state index in [1.807, 2.05) is 13.8 Å². The first-order chi connectivity index (χ1) is 7.52.